The molecule has 8 rings (SSSR count). The molecule has 51 heavy (non-hydrogen) atoms. The van der Waals surface area contributed by atoms with Crippen LogP contribution in [0.1, 0.15) is 97.4 Å². The molecule has 3 aliphatic rings. The molecule has 5 aromatic rings. The van der Waals surface area contributed by atoms with Gasteiger partial charge >= 0.3 is 0 Å². The maximum atomic E-state index is 5.16. The van der Waals surface area contributed by atoms with E-state index in [1.807, 2.05) is 6.20 Å². The smallest absolute Gasteiger partial charge is 0.159 e. The third-order valence-electron chi connectivity index (χ3n) is 11.1. The van der Waals surface area contributed by atoms with Crippen LogP contribution >= 0.6 is 0 Å². The molecule has 3 nitrogen and oxygen atoms in total. The molecule has 0 spiro atoms. The average Bonchev–Trinajstić information content (AvgIpc) is 3.21. The number of allylic oxidation sites excluding steroid dienone is 3. The Bertz CT molecular complexity index is 2230. The molecule has 4 aromatic carbocycles. The standard InChI is InChI=1S/C48H45N3/c1-34(50-47(40-15-5-3-6-16-40)51-35(2)43-21-11-17-37-14-7-8-20-44(37)43)36-23-27-41(28-24-36)48(31-9-4-10-32-48)42-29-25-38(26-30-42)45-22-12-18-39-19-13-33-49-46(39)45/h5,7-8,11,13-17,19-30,33H,1,3-4,6,9-10,12,18,31-32H2,2H3. The van der Waals surface area contributed by atoms with Gasteiger partial charge in [0.1, 0.15) is 0 Å². The van der Waals surface area contributed by atoms with Gasteiger partial charge in [-0.15, -0.1) is 0 Å². The van der Waals surface area contributed by atoms with Gasteiger partial charge in [-0.3, -0.25) is 4.98 Å². The summed E-state index contributed by atoms with van der Waals surface area (Å²) in [5.74, 6) is 0.709. The largest absolute Gasteiger partial charge is 0.256 e. The number of hydrogen-bond acceptors (Lipinski definition) is 2. The van der Waals surface area contributed by atoms with Crippen LogP contribution in [0.2, 0.25) is 0 Å². The number of nitrogens with zero attached hydrogens (tertiary/aromatic N) is 3. The lowest BCUT2D eigenvalue weighted by atomic mass is 9.65. The van der Waals surface area contributed by atoms with E-state index in [1.165, 1.54) is 57.9 Å². The van der Waals surface area contributed by atoms with E-state index in [1.54, 1.807) is 0 Å². The van der Waals surface area contributed by atoms with Gasteiger partial charge in [0.25, 0.3) is 0 Å². The van der Waals surface area contributed by atoms with Crippen LogP contribution in [-0.4, -0.2) is 16.5 Å². The van der Waals surface area contributed by atoms with Crippen LogP contribution in [0.15, 0.2) is 156 Å². The van der Waals surface area contributed by atoms with Gasteiger partial charge in [-0.25, -0.2) is 9.98 Å². The normalized spacial score (nSPS) is 17.4. The van der Waals surface area contributed by atoms with E-state index in [0.717, 1.165) is 72.3 Å². The van der Waals surface area contributed by atoms with E-state index >= 15 is 0 Å². The lowest BCUT2D eigenvalue weighted by Gasteiger charge is -2.39. The summed E-state index contributed by atoms with van der Waals surface area (Å²) < 4.78 is 0. The van der Waals surface area contributed by atoms with Crippen LogP contribution in [0.4, 0.5) is 0 Å². The molecule has 1 aromatic heterocycles. The third kappa shape index (κ3) is 6.61. The Morgan fingerprint density at radius 1 is 0.725 bits per heavy atom. The zero-order valence-electron chi connectivity index (χ0n) is 29.6. The minimum absolute atomic E-state index is 0.000257. The van der Waals surface area contributed by atoms with Gasteiger partial charge in [0.2, 0.25) is 0 Å². The van der Waals surface area contributed by atoms with E-state index in [2.05, 4.69) is 141 Å². The molecule has 3 heteroatoms. The molecular weight excluding hydrogens is 619 g/mol. The number of aliphatic imine (C=N–C) groups is 2. The predicted octanol–water partition coefficient (Wildman–Crippen LogP) is 12.0. The summed E-state index contributed by atoms with van der Waals surface area (Å²) >= 11 is 0. The molecule has 0 N–H and O–H groups in total. The Morgan fingerprint density at radius 2 is 1.49 bits per heavy atom. The van der Waals surface area contributed by atoms with Crippen molar-refractivity contribution in [1.82, 2.24) is 4.98 Å². The second-order valence-corrected chi connectivity index (χ2v) is 14.2. The summed E-state index contributed by atoms with van der Waals surface area (Å²) in [6, 6.07) is 37.6. The Labute approximate surface area is 302 Å². The second-order valence-electron chi connectivity index (χ2n) is 14.2. The Hall–Kier alpha value is -5.41. The first-order chi connectivity index (χ1) is 25.1. The monoisotopic (exact) mass is 663 g/mol. The summed E-state index contributed by atoms with van der Waals surface area (Å²) in [5, 5.41) is 2.41. The third-order valence-corrected chi connectivity index (χ3v) is 11.1. The minimum atomic E-state index is -0.000257. The SMILES string of the molecule is C=C(N=C(N=C(C)c1cccc2ccccc12)C1=CCCC=C1)c1ccc(C2(c3ccc(C4=CCCc5cccnc54)cc3)CCCCC2)cc1. The summed E-state index contributed by atoms with van der Waals surface area (Å²) in [6.07, 6.45) is 21.1. The fraction of sp³-hybridized carbons (Fsp3) is 0.229. The van der Waals surface area contributed by atoms with Crippen molar-refractivity contribution in [3.8, 4) is 0 Å². The first kappa shape index (κ1) is 32.8. The van der Waals surface area contributed by atoms with Crippen LogP contribution in [-0.2, 0) is 11.8 Å². The van der Waals surface area contributed by atoms with Crippen molar-refractivity contribution in [3.63, 3.8) is 0 Å². The van der Waals surface area contributed by atoms with Crippen LogP contribution in [0.3, 0.4) is 0 Å². The van der Waals surface area contributed by atoms with Gasteiger partial charge in [-0.2, -0.15) is 0 Å². The Morgan fingerprint density at radius 3 is 2.27 bits per heavy atom. The summed E-state index contributed by atoms with van der Waals surface area (Å²) in [6.45, 7) is 6.54. The number of rotatable bonds is 7. The van der Waals surface area contributed by atoms with Gasteiger partial charge in [-0.1, -0.05) is 147 Å². The minimum Gasteiger partial charge on any atom is -0.256 e. The molecule has 0 unspecified atom stereocenters. The Kier molecular flexibility index (Phi) is 9.28. The highest BCUT2D eigenvalue weighted by molar-refractivity contribution is 6.17. The lowest BCUT2D eigenvalue weighted by Crippen LogP contribution is -2.30. The molecule has 3 aliphatic carbocycles. The maximum absolute atomic E-state index is 5.16. The molecule has 252 valence electrons. The highest BCUT2D eigenvalue weighted by Gasteiger charge is 2.35. The van der Waals surface area contributed by atoms with Crippen molar-refractivity contribution in [3.05, 3.63) is 185 Å². The van der Waals surface area contributed by atoms with Crippen molar-refractivity contribution >= 4 is 33.6 Å². The molecule has 0 aliphatic heterocycles. The van der Waals surface area contributed by atoms with Gasteiger partial charge in [0.15, 0.2) is 5.84 Å². The second kappa shape index (κ2) is 14.4. The molecule has 1 fully saturated rings. The van der Waals surface area contributed by atoms with Gasteiger partial charge < -0.3 is 0 Å². The average molecular weight is 664 g/mol. The number of hydrogen-bond donors (Lipinski definition) is 0. The van der Waals surface area contributed by atoms with Crippen LogP contribution < -0.4 is 0 Å². The van der Waals surface area contributed by atoms with Crippen molar-refractivity contribution in [1.29, 1.82) is 0 Å². The van der Waals surface area contributed by atoms with Gasteiger partial charge in [0.05, 0.1) is 11.4 Å². The van der Waals surface area contributed by atoms with Crippen molar-refractivity contribution < 1.29 is 0 Å². The molecule has 1 saturated carbocycles. The highest BCUT2D eigenvalue weighted by Crippen LogP contribution is 2.45. The first-order valence-corrected chi connectivity index (χ1v) is 18.6. The zero-order chi connectivity index (χ0) is 34.6. The van der Waals surface area contributed by atoms with Crippen molar-refractivity contribution in [2.45, 2.75) is 70.1 Å². The maximum Gasteiger partial charge on any atom is 0.159 e. The van der Waals surface area contributed by atoms with E-state index in [4.69, 9.17) is 15.0 Å². The number of fused-ring (bicyclic) bond motifs is 2. The van der Waals surface area contributed by atoms with Gasteiger partial charge in [0, 0.05) is 34.0 Å². The number of pyridine rings is 1. The molecule has 0 radical (unpaired) electrons. The van der Waals surface area contributed by atoms with Gasteiger partial charge in [-0.05, 0) is 90.1 Å². The summed E-state index contributed by atoms with van der Waals surface area (Å²) in [5.41, 5.74) is 12.6. The number of benzene rings is 4. The van der Waals surface area contributed by atoms with E-state index in [-0.39, 0.29) is 5.41 Å². The van der Waals surface area contributed by atoms with E-state index in [9.17, 15) is 0 Å². The number of aromatic nitrogens is 1. The fourth-order valence-electron chi connectivity index (χ4n) is 8.34. The molecule has 0 bridgehead atoms. The zero-order valence-corrected chi connectivity index (χ0v) is 29.6. The summed E-state index contributed by atoms with van der Waals surface area (Å²) in [4.78, 5) is 15.0. The van der Waals surface area contributed by atoms with Crippen LogP contribution in [0, 0.1) is 0 Å². The van der Waals surface area contributed by atoms with E-state index in [0.29, 0.717) is 5.84 Å². The Balaban J connectivity index is 1.09. The van der Waals surface area contributed by atoms with E-state index < -0.39 is 0 Å². The lowest BCUT2D eigenvalue weighted by molar-refractivity contribution is 0.346. The van der Waals surface area contributed by atoms with Crippen molar-refractivity contribution in [2.75, 3.05) is 0 Å². The number of aryl methyl sites for hydroxylation is 1. The summed E-state index contributed by atoms with van der Waals surface area (Å²) in [7, 11) is 0. The van der Waals surface area contributed by atoms with Crippen LogP contribution in [0.5, 0.6) is 0 Å². The molecule has 0 atom stereocenters. The molecular formula is C48H45N3. The van der Waals surface area contributed by atoms with Crippen LogP contribution in [0.25, 0.3) is 22.0 Å². The molecule has 0 amide bonds. The predicted molar refractivity (Wildman–Crippen MR) is 215 cm³/mol. The quantitative estimate of drug-likeness (QED) is 0.126. The highest BCUT2D eigenvalue weighted by atomic mass is 14.9. The molecule has 1 heterocycles. The topological polar surface area (TPSA) is 37.6 Å². The number of amidine groups is 1. The fourth-order valence-corrected chi connectivity index (χ4v) is 8.34. The van der Waals surface area contributed by atoms with Crippen molar-refractivity contribution in [2.24, 2.45) is 9.98 Å². The first-order valence-electron chi connectivity index (χ1n) is 18.6. The molecule has 0 saturated heterocycles.